The lowest BCUT2D eigenvalue weighted by Crippen LogP contribution is -2.39. The predicted octanol–water partition coefficient (Wildman–Crippen LogP) is 4.93. The topological polar surface area (TPSA) is 82.1 Å². The second-order valence-electron chi connectivity index (χ2n) is 8.20. The molecule has 1 aliphatic carbocycles. The van der Waals surface area contributed by atoms with Gasteiger partial charge in [0, 0.05) is 23.7 Å². The van der Waals surface area contributed by atoms with E-state index in [-0.39, 0.29) is 31.1 Å². The van der Waals surface area contributed by atoms with Gasteiger partial charge in [-0.2, -0.15) is 18.2 Å². The molecule has 174 valence electrons. The van der Waals surface area contributed by atoms with Crippen LogP contribution in [0.2, 0.25) is 0 Å². The monoisotopic (exact) mass is 477 g/mol. The van der Waals surface area contributed by atoms with Gasteiger partial charge in [-0.3, -0.25) is 0 Å². The van der Waals surface area contributed by atoms with E-state index in [1.165, 1.54) is 0 Å². The fraction of sp³-hybridized carbons (Fsp3) is 0.455. The Hall–Kier alpha value is -2.79. The Morgan fingerprint density at radius 2 is 1.91 bits per heavy atom. The zero-order chi connectivity index (χ0) is 22.8. The number of benzene rings is 1. The molecule has 0 spiro atoms. The third-order valence-corrected chi connectivity index (χ3v) is 6.90. The maximum Gasteiger partial charge on any atom is 0.423 e. The summed E-state index contributed by atoms with van der Waals surface area (Å²) in [6, 6.07) is 9.93. The van der Waals surface area contributed by atoms with Crippen LogP contribution in [0.3, 0.4) is 0 Å². The highest BCUT2D eigenvalue weighted by molar-refractivity contribution is 7.14. The van der Waals surface area contributed by atoms with Gasteiger partial charge in [-0.15, -0.1) is 10.2 Å². The Balaban J connectivity index is 1.28. The quantitative estimate of drug-likeness (QED) is 0.539. The van der Waals surface area contributed by atoms with E-state index in [0.717, 1.165) is 47.5 Å². The van der Waals surface area contributed by atoms with E-state index in [4.69, 9.17) is 9.47 Å². The normalized spacial score (nSPS) is 21.4. The van der Waals surface area contributed by atoms with Gasteiger partial charge >= 0.3 is 6.18 Å². The molecule has 0 radical (unpaired) electrons. The van der Waals surface area contributed by atoms with Crippen LogP contribution in [0.4, 0.5) is 19.1 Å². The highest BCUT2D eigenvalue weighted by Crippen LogP contribution is 2.38. The van der Waals surface area contributed by atoms with Gasteiger partial charge in [-0.25, -0.2) is 4.98 Å². The minimum Gasteiger partial charge on any atom is -0.469 e. The molecule has 1 saturated carbocycles. The van der Waals surface area contributed by atoms with Gasteiger partial charge in [0.05, 0.1) is 13.2 Å². The first-order valence-corrected chi connectivity index (χ1v) is 11.6. The molecule has 0 unspecified atom stereocenters. The van der Waals surface area contributed by atoms with Crippen molar-refractivity contribution in [2.75, 3.05) is 18.5 Å². The van der Waals surface area contributed by atoms with Crippen molar-refractivity contribution in [3.05, 3.63) is 47.1 Å². The van der Waals surface area contributed by atoms with Crippen molar-refractivity contribution < 1.29 is 22.6 Å². The molecular weight excluding hydrogens is 455 g/mol. The number of nitrogens with one attached hydrogen (secondary N) is 1. The van der Waals surface area contributed by atoms with E-state index in [0.29, 0.717) is 0 Å². The molecule has 7 nitrogen and oxygen atoms in total. The third kappa shape index (κ3) is 5.09. The van der Waals surface area contributed by atoms with Gasteiger partial charge < -0.3 is 14.8 Å². The van der Waals surface area contributed by atoms with Crippen molar-refractivity contribution in [3.63, 3.8) is 0 Å². The Kier molecular flexibility index (Phi) is 6.15. The van der Waals surface area contributed by atoms with Crippen molar-refractivity contribution >= 4 is 17.3 Å². The van der Waals surface area contributed by atoms with Crippen LogP contribution in [0.25, 0.3) is 10.6 Å². The molecule has 1 saturated heterocycles. The largest absolute Gasteiger partial charge is 0.469 e. The maximum absolute atomic E-state index is 13.4. The molecule has 0 bridgehead atoms. The summed E-state index contributed by atoms with van der Waals surface area (Å²) in [7, 11) is 0. The fourth-order valence-corrected chi connectivity index (χ4v) is 4.98. The van der Waals surface area contributed by atoms with Crippen LogP contribution in [0.15, 0.2) is 36.5 Å². The number of ether oxygens (including phenoxy) is 2. The molecule has 1 N–H and O–H groups in total. The lowest BCUT2D eigenvalue weighted by Gasteiger charge is -2.29. The van der Waals surface area contributed by atoms with E-state index >= 15 is 0 Å². The van der Waals surface area contributed by atoms with Crippen molar-refractivity contribution in [2.24, 2.45) is 0 Å². The van der Waals surface area contributed by atoms with Crippen LogP contribution < -0.4 is 10.1 Å². The second kappa shape index (κ2) is 9.22. The van der Waals surface area contributed by atoms with Crippen LogP contribution >= 0.6 is 11.3 Å². The van der Waals surface area contributed by atoms with Crippen molar-refractivity contribution in [1.82, 2.24) is 20.2 Å². The molecule has 2 aromatic heterocycles. The molecule has 1 aliphatic heterocycles. The molecule has 0 amide bonds. The SMILES string of the molecule is FC(F)(F)c1cnc(N[C@@H]2CCC[C@H](c3nnc(-c4ccccc4)s3)C2)nc1OC1COC1. The van der Waals surface area contributed by atoms with E-state index in [9.17, 15) is 13.2 Å². The summed E-state index contributed by atoms with van der Waals surface area (Å²) < 4.78 is 50.5. The number of halogens is 3. The van der Waals surface area contributed by atoms with Gasteiger partial charge in [0.2, 0.25) is 11.8 Å². The van der Waals surface area contributed by atoms with E-state index in [2.05, 4.69) is 25.5 Å². The number of nitrogens with zero attached hydrogens (tertiary/aromatic N) is 4. The number of hydrogen-bond donors (Lipinski definition) is 1. The Morgan fingerprint density at radius 1 is 1.09 bits per heavy atom. The van der Waals surface area contributed by atoms with Crippen molar-refractivity contribution in [2.45, 2.75) is 49.9 Å². The molecule has 1 aromatic carbocycles. The average molecular weight is 478 g/mol. The van der Waals surface area contributed by atoms with Gasteiger partial charge in [0.1, 0.15) is 21.7 Å². The molecule has 2 atom stereocenters. The van der Waals surface area contributed by atoms with Gasteiger partial charge in [-0.05, 0) is 19.3 Å². The first-order chi connectivity index (χ1) is 16.0. The van der Waals surface area contributed by atoms with Crippen LogP contribution in [-0.2, 0) is 10.9 Å². The van der Waals surface area contributed by atoms with Crippen molar-refractivity contribution in [3.8, 4) is 16.5 Å². The standard InChI is InChI=1S/C22H22F3N5O2S/c23-22(24,25)17-10-26-21(28-18(17)32-16-11-31-12-16)27-15-8-4-7-14(9-15)20-30-29-19(33-20)13-5-2-1-3-6-13/h1-3,5-6,10,14-16H,4,7-9,11-12H2,(H,26,27,28)/t14-,15+/m0/s1. The average Bonchev–Trinajstić information content (AvgIpc) is 3.27. The molecule has 33 heavy (non-hydrogen) atoms. The summed E-state index contributed by atoms with van der Waals surface area (Å²) in [5.41, 5.74) is 0.0538. The summed E-state index contributed by atoms with van der Waals surface area (Å²) in [6.07, 6.45) is -0.635. The summed E-state index contributed by atoms with van der Waals surface area (Å²) in [5, 5.41) is 13.8. The zero-order valence-electron chi connectivity index (χ0n) is 17.6. The Labute approximate surface area is 192 Å². The van der Waals surface area contributed by atoms with E-state index in [1.807, 2.05) is 30.3 Å². The second-order valence-corrected chi connectivity index (χ2v) is 9.21. The van der Waals surface area contributed by atoms with E-state index < -0.39 is 23.7 Å². The molecule has 3 heterocycles. The minimum absolute atomic E-state index is 0.0180. The number of alkyl halides is 3. The zero-order valence-corrected chi connectivity index (χ0v) is 18.4. The Morgan fingerprint density at radius 3 is 2.64 bits per heavy atom. The van der Waals surface area contributed by atoms with Crippen LogP contribution in [-0.4, -0.2) is 45.5 Å². The van der Waals surface area contributed by atoms with Crippen molar-refractivity contribution in [1.29, 1.82) is 0 Å². The fourth-order valence-electron chi connectivity index (χ4n) is 3.98. The van der Waals surface area contributed by atoms with Crippen LogP contribution in [0.5, 0.6) is 5.88 Å². The van der Waals surface area contributed by atoms with Gasteiger partial charge in [-0.1, -0.05) is 48.1 Å². The lowest BCUT2D eigenvalue weighted by atomic mass is 9.86. The summed E-state index contributed by atoms with van der Waals surface area (Å²) >= 11 is 1.59. The first kappa shape index (κ1) is 22.0. The number of rotatable bonds is 6. The molecular formula is C22H22F3N5O2S. The summed E-state index contributed by atoms with van der Waals surface area (Å²) in [4.78, 5) is 7.97. The number of anilines is 1. The number of hydrogen-bond acceptors (Lipinski definition) is 8. The molecule has 5 rings (SSSR count). The van der Waals surface area contributed by atoms with Gasteiger partial charge in [0.25, 0.3) is 0 Å². The predicted molar refractivity (Wildman–Crippen MR) is 116 cm³/mol. The Bertz CT molecular complexity index is 1090. The lowest BCUT2D eigenvalue weighted by molar-refractivity contribution is -0.142. The third-order valence-electron chi connectivity index (χ3n) is 5.76. The van der Waals surface area contributed by atoms with Crippen LogP contribution in [0.1, 0.15) is 42.2 Å². The summed E-state index contributed by atoms with van der Waals surface area (Å²) in [6.45, 7) is 0.502. The minimum atomic E-state index is -4.59. The molecule has 2 aliphatic rings. The summed E-state index contributed by atoms with van der Waals surface area (Å²) in [5.74, 6) is -0.105. The first-order valence-electron chi connectivity index (χ1n) is 10.8. The molecule has 3 aromatic rings. The molecule has 11 heteroatoms. The van der Waals surface area contributed by atoms with E-state index in [1.54, 1.807) is 11.3 Å². The smallest absolute Gasteiger partial charge is 0.423 e. The highest BCUT2D eigenvalue weighted by atomic mass is 32.1. The number of aromatic nitrogens is 4. The molecule has 2 fully saturated rings. The van der Waals surface area contributed by atoms with Gasteiger partial charge in [0.15, 0.2) is 0 Å². The van der Waals surface area contributed by atoms with Crippen LogP contribution in [0, 0.1) is 0 Å². The maximum atomic E-state index is 13.4. The highest BCUT2D eigenvalue weighted by Gasteiger charge is 2.38.